The zero-order valence-corrected chi connectivity index (χ0v) is 30.1. The predicted octanol–water partition coefficient (Wildman–Crippen LogP) is 1.65. The van der Waals surface area contributed by atoms with Crippen molar-refractivity contribution in [1.82, 2.24) is 10.6 Å². The topological polar surface area (TPSA) is 257 Å². The second-order valence-corrected chi connectivity index (χ2v) is 18.3. The van der Waals surface area contributed by atoms with Crippen molar-refractivity contribution in [2.24, 2.45) is 0 Å². The molecule has 1 aliphatic rings. The summed E-state index contributed by atoms with van der Waals surface area (Å²) in [4.78, 5) is 60.7. The zero-order valence-electron chi connectivity index (χ0n) is 25.8. The third-order valence-corrected chi connectivity index (χ3v) is 12.9. The van der Waals surface area contributed by atoms with Crippen LogP contribution in [0.4, 0.5) is 0 Å². The lowest BCUT2D eigenvalue weighted by Crippen LogP contribution is -2.36. The summed E-state index contributed by atoms with van der Waals surface area (Å²) in [5.41, 5.74) is 1.21. The summed E-state index contributed by atoms with van der Waals surface area (Å²) in [5, 5.41) is 15.3. The summed E-state index contributed by atoms with van der Waals surface area (Å²) in [6.45, 7) is 4.99. The summed E-state index contributed by atoms with van der Waals surface area (Å²) in [6.07, 6.45) is -0.00217. The summed E-state index contributed by atoms with van der Waals surface area (Å²) in [7, 11) is -7.94. The highest BCUT2D eigenvalue weighted by Gasteiger charge is 2.42. The lowest BCUT2D eigenvalue weighted by Gasteiger charge is -2.25. The average molecular weight is 762 g/mol. The number of ether oxygens (including phenoxy) is 2. The third kappa shape index (κ3) is 17.7. The van der Waals surface area contributed by atoms with E-state index in [2.05, 4.69) is 23.8 Å². The van der Waals surface area contributed by atoms with Gasteiger partial charge in [0.15, 0.2) is 0 Å². The molecule has 0 bridgehead atoms. The molecule has 1 aliphatic heterocycles. The average Bonchev–Trinajstić information content (AvgIpc) is 3.30. The summed E-state index contributed by atoms with van der Waals surface area (Å²) in [5.74, 6) is -0.227. The van der Waals surface area contributed by atoms with Gasteiger partial charge in [-0.3, -0.25) is 14.1 Å². The number of unbranched alkanes of at least 4 members (excludes halogenated alkanes) is 1. The summed E-state index contributed by atoms with van der Waals surface area (Å²) < 4.78 is 57.0. The van der Waals surface area contributed by atoms with Crippen molar-refractivity contribution in [3.63, 3.8) is 0 Å². The largest absolute Gasteiger partial charge is 0.490 e. The first kappa shape index (κ1) is 42.4. The Morgan fingerprint density at radius 3 is 2.34 bits per heavy atom. The van der Waals surface area contributed by atoms with Crippen molar-refractivity contribution in [3.05, 3.63) is 29.8 Å². The summed E-state index contributed by atoms with van der Waals surface area (Å²) in [6, 6.07) is 5.89. The van der Waals surface area contributed by atoms with Gasteiger partial charge in [0.1, 0.15) is 19.9 Å². The first-order valence-corrected chi connectivity index (χ1v) is 21.0. The number of phosphoric acid groups is 3. The fraction of sp³-hybridized carbons (Fsp3) is 0.652. The normalized spacial score (nSPS) is 21.1. The first-order valence-electron chi connectivity index (χ1n) is 14.1. The van der Waals surface area contributed by atoms with Crippen LogP contribution in [0.2, 0.25) is 6.82 Å². The van der Waals surface area contributed by atoms with Crippen LogP contribution in [0, 0.1) is 0 Å². The minimum Gasteiger partial charge on any atom is -0.447 e. The molecule has 2 amide bonds. The number of carbonyl (C=O) groups excluding carboxylic acids is 2. The molecule has 24 heteroatoms. The number of rotatable bonds is 21. The van der Waals surface area contributed by atoms with Crippen molar-refractivity contribution < 1.29 is 70.5 Å². The van der Waals surface area contributed by atoms with Gasteiger partial charge < -0.3 is 44.7 Å². The molecule has 0 spiro atoms. The van der Waals surface area contributed by atoms with Gasteiger partial charge in [0.05, 0.1) is 12.7 Å². The van der Waals surface area contributed by atoms with Gasteiger partial charge in [-0.25, -0.2) is 13.7 Å². The van der Waals surface area contributed by atoms with Crippen molar-refractivity contribution in [3.8, 4) is 0 Å². The van der Waals surface area contributed by atoms with Crippen molar-refractivity contribution >= 4 is 77.1 Å². The van der Waals surface area contributed by atoms with E-state index in [-0.39, 0.29) is 28.9 Å². The Hall–Kier alpha value is -0.720. The SMILES string of the molecule is [B][C@H]1CC(OCSSC(C)(C)CNC(=O)CCCCNC(=O)c2ccc(B(C)O)cc2)[C@@H](COP(=O)(O)OP(=O)(O)OP(=O)(O)O)O1. The lowest BCUT2D eigenvalue weighted by atomic mass is 9.64. The van der Waals surface area contributed by atoms with E-state index in [0.29, 0.717) is 37.9 Å². The minimum atomic E-state index is -5.65. The fourth-order valence-corrected chi connectivity index (χ4v) is 9.10. The molecule has 1 aromatic rings. The van der Waals surface area contributed by atoms with Gasteiger partial charge >= 0.3 is 30.4 Å². The van der Waals surface area contributed by atoms with Gasteiger partial charge in [-0.2, -0.15) is 8.62 Å². The van der Waals surface area contributed by atoms with Crippen LogP contribution in [0.3, 0.4) is 0 Å². The Labute approximate surface area is 282 Å². The molecule has 5 atom stereocenters. The molecule has 1 heterocycles. The van der Waals surface area contributed by atoms with Crippen LogP contribution >= 0.6 is 45.1 Å². The number of amides is 2. The molecule has 47 heavy (non-hydrogen) atoms. The third-order valence-electron chi connectivity index (χ3n) is 6.14. The van der Waals surface area contributed by atoms with Crippen LogP contribution in [-0.4, -0.2) is 99.8 Å². The van der Waals surface area contributed by atoms with E-state index >= 15 is 0 Å². The van der Waals surface area contributed by atoms with Gasteiger partial charge in [-0.05, 0) is 50.7 Å². The Kier molecular flexibility index (Phi) is 17.2. The van der Waals surface area contributed by atoms with Crippen LogP contribution in [0.15, 0.2) is 24.3 Å². The molecule has 0 aliphatic carbocycles. The van der Waals surface area contributed by atoms with E-state index in [0.717, 1.165) is 5.46 Å². The monoisotopic (exact) mass is 762 g/mol. The molecule has 264 valence electrons. The Morgan fingerprint density at radius 1 is 1.06 bits per heavy atom. The van der Waals surface area contributed by atoms with Gasteiger partial charge in [0.25, 0.3) is 5.91 Å². The van der Waals surface area contributed by atoms with Gasteiger partial charge in [-0.1, -0.05) is 40.5 Å². The Morgan fingerprint density at radius 2 is 1.72 bits per heavy atom. The maximum Gasteiger partial charge on any atom is 0.490 e. The van der Waals surface area contributed by atoms with Crippen LogP contribution in [0.1, 0.15) is 49.9 Å². The highest BCUT2D eigenvalue weighted by atomic mass is 33.1. The molecular weight excluding hydrogens is 723 g/mol. The van der Waals surface area contributed by atoms with Crippen molar-refractivity contribution in [2.75, 3.05) is 25.6 Å². The molecular formula is C23H39B2N2O15P3S2. The van der Waals surface area contributed by atoms with Gasteiger partial charge in [-0.15, -0.1) is 0 Å². The maximum atomic E-state index is 12.3. The first-order chi connectivity index (χ1) is 21.7. The Bertz CT molecular complexity index is 1320. The summed E-state index contributed by atoms with van der Waals surface area (Å²) >= 11 is 0. The molecule has 2 rings (SSSR count). The molecule has 2 radical (unpaired) electrons. The van der Waals surface area contributed by atoms with E-state index in [4.69, 9.17) is 27.1 Å². The van der Waals surface area contributed by atoms with Crippen LogP contribution in [-0.2, 0) is 41.1 Å². The smallest absolute Gasteiger partial charge is 0.447 e. The number of hydrogen-bond acceptors (Lipinski definition) is 13. The number of carbonyl (C=O) groups is 2. The molecule has 17 nitrogen and oxygen atoms in total. The lowest BCUT2D eigenvalue weighted by molar-refractivity contribution is -0.121. The molecule has 1 fully saturated rings. The second-order valence-electron chi connectivity index (χ2n) is 10.9. The van der Waals surface area contributed by atoms with E-state index in [1.807, 2.05) is 13.8 Å². The van der Waals surface area contributed by atoms with Crippen LogP contribution < -0.4 is 16.1 Å². The minimum absolute atomic E-state index is 0.129. The van der Waals surface area contributed by atoms with E-state index in [1.165, 1.54) is 21.6 Å². The molecule has 0 aromatic heterocycles. The van der Waals surface area contributed by atoms with Crippen molar-refractivity contribution in [1.29, 1.82) is 0 Å². The molecule has 1 aromatic carbocycles. The number of benzene rings is 1. The number of hydrogen-bond donors (Lipinski definition) is 7. The van der Waals surface area contributed by atoms with Crippen molar-refractivity contribution in [2.45, 2.75) is 69.3 Å². The quantitative estimate of drug-likeness (QED) is 0.0309. The van der Waals surface area contributed by atoms with Gasteiger partial charge in [0, 0.05) is 35.8 Å². The van der Waals surface area contributed by atoms with E-state index in [1.54, 1.807) is 31.1 Å². The molecule has 0 saturated carbocycles. The number of nitrogens with one attached hydrogen (secondary N) is 2. The maximum absolute atomic E-state index is 12.3. The highest BCUT2D eigenvalue weighted by Crippen LogP contribution is 2.66. The zero-order chi connectivity index (χ0) is 35.5. The van der Waals surface area contributed by atoms with E-state index in [9.17, 15) is 38.1 Å². The van der Waals surface area contributed by atoms with Crippen LogP contribution in [0.5, 0.6) is 0 Å². The molecule has 3 unspecified atom stereocenters. The number of phosphoric ester groups is 1. The van der Waals surface area contributed by atoms with Gasteiger partial charge in [0.2, 0.25) is 5.91 Å². The predicted molar refractivity (Wildman–Crippen MR) is 177 cm³/mol. The highest BCUT2D eigenvalue weighted by molar-refractivity contribution is 8.77. The fourth-order valence-electron chi connectivity index (χ4n) is 3.90. The Balaban J connectivity index is 1.64. The molecule has 7 N–H and O–H groups in total. The standard InChI is InChI=1S/C23H39B2N2O15P3S2/c1-23(2,14-27-21(28)6-4-5-11-26-22(29)16-7-9-17(10-8-16)25(3)30)47-46-15-38-18-12-20(24)40-19(18)13-39-44(34,35)42-45(36,37)41-43(31,32)33/h7-10,18-20,30H,4-6,11-15H2,1-3H3,(H,26,29)(H,27,28)(H,34,35)(H,36,37)(H2,31,32,33)/t18?,19-,20-/m1/s1. The molecule has 1 saturated heterocycles. The van der Waals surface area contributed by atoms with E-state index < -0.39 is 55.2 Å². The van der Waals surface area contributed by atoms with Crippen LogP contribution in [0.25, 0.3) is 0 Å². The second kappa shape index (κ2) is 19.0.